The second-order valence-electron chi connectivity index (χ2n) is 5.59. The summed E-state index contributed by atoms with van der Waals surface area (Å²) in [6.45, 7) is 3.91. The third kappa shape index (κ3) is 5.36. The van der Waals surface area contributed by atoms with Gasteiger partial charge in [0, 0.05) is 13.1 Å². The maximum Gasteiger partial charge on any atom is 0.401 e. The van der Waals surface area contributed by atoms with Crippen LogP contribution in [0.2, 0.25) is 0 Å². The van der Waals surface area contributed by atoms with E-state index in [1.165, 1.54) is 4.90 Å². The lowest BCUT2D eigenvalue weighted by Crippen LogP contribution is -2.52. The first-order valence-corrected chi connectivity index (χ1v) is 6.40. The maximum absolute atomic E-state index is 12.2. The number of nitrogens with zero attached hydrogens (tertiary/aromatic N) is 1. The average molecular weight is 281 g/mol. The Morgan fingerprint density at radius 3 is 2.53 bits per heavy atom. The van der Waals surface area contributed by atoms with Gasteiger partial charge in [0.25, 0.3) is 0 Å². The molecule has 112 valence electrons. The fourth-order valence-corrected chi connectivity index (χ4v) is 2.05. The Balaban J connectivity index is 2.32. The first-order valence-electron chi connectivity index (χ1n) is 6.40. The number of hydrogen-bond acceptors (Lipinski definition) is 3. The molecule has 1 saturated heterocycles. The molecule has 1 aliphatic heterocycles. The maximum atomic E-state index is 12.2. The molecule has 7 heteroatoms. The predicted molar refractivity (Wildman–Crippen MR) is 66.8 cm³/mol. The van der Waals surface area contributed by atoms with Gasteiger partial charge in [-0.3, -0.25) is 9.69 Å². The van der Waals surface area contributed by atoms with E-state index in [-0.39, 0.29) is 11.8 Å². The highest BCUT2D eigenvalue weighted by Gasteiger charge is 2.34. The summed E-state index contributed by atoms with van der Waals surface area (Å²) in [4.78, 5) is 13.2. The molecule has 1 rings (SSSR count). The van der Waals surface area contributed by atoms with Crippen LogP contribution in [0.4, 0.5) is 13.2 Å². The summed E-state index contributed by atoms with van der Waals surface area (Å²) in [5.74, 6) is -0.0387. The summed E-state index contributed by atoms with van der Waals surface area (Å²) in [5.41, 5.74) is -0.662. The van der Waals surface area contributed by atoms with E-state index in [1.807, 2.05) is 0 Å². The highest BCUT2D eigenvalue weighted by atomic mass is 19.4. The number of likely N-dealkylation sites (tertiary alicyclic amines) is 1. The smallest absolute Gasteiger partial charge is 0.354 e. The molecule has 0 spiro atoms. The van der Waals surface area contributed by atoms with Crippen molar-refractivity contribution in [2.75, 3.05) is 33.2 Å². The molecule has 19 heavy (non-hydrogen) atoms. The summed E-state index contributed by atoms with van der Waals surface area (Å²) in [5, 5.41) is 5.67. The van der Waals surface area contributed by atoms with Crippen molar-refractivity contribution in [3.63, 3.8) is 0 Å². The van der Waals surface area contributed by atoms with Crippen LogP contribution in [0, 0.1) is 5.92 Å². The van der Waals surface area contributed by atoms with Gasteiger partial charge in [-0.1, -0.05) is 0 Å². The minimum Gasteiger partial charge on any atom is -0.354 e. The van der Waals surface area contributed by atoms with Crippen molar-refractivity contribution in [2.45, 2.75) is 32.0 Å². The number of hydrogen-bond donors (Lipinski definition) is 2. The standard InChI is InChI=1S/C12H22F3N3O/c1-11(2,16-3)10(19)17-6-9-4-5-18(7-9)8-12(13,14)15/h9,16H,4-8H2,1-3H3,(H,17,19). The van der Waals surface area contributed by atoms with Crippen LogP contribution in [0.15, 0.2) is 0 Å². The molecule has 0 aromatic carbocycles. The lowest BCUT2D eigenvalue weighted by Gasteiger charge is -2.24. The number of halogens is 3. The van der Waals surface area contributed by atoms with Crippen molar-refractivity contribution in [3.8, 4) is 0 Å². The van der Waals surface area contributed by atoms with Gasteiger partial charge in [0.2, 0.25) is 5.91 Å². The van der Waals surface area contributed by atoms with E-state index in [9.17, 15) is 18.0 Å². The van der Waals surface area contributed by atoms with Crippen LogP contribution in [0.25, 0.3) is 0 Å². The molecule has 1 unspecified atom stereocenters. The molecule has 0 saturated carbocycles. The monoisotopic (exact) mass is 281 g/mol. The first-order chi connectivity index (χ1) is 8.64. The Bertz CT molecular complexity index is 318. The van der Waals surface area contributed by atoms with Crippen LogP contribution in [-0.4, -0.2) is 55.7 Å². The molecule has 0 radical (unpaired) electrons. The summed E-state index contributed by atoms with van der Waals surface area (Å²) >= 11 is 0. The molecule has 0 aliphatic carbocycles. The second-order valence-corrected chi connectivity index (χ2v) is 5.59. The molecule has 1 amide bonds. The minimum absolute atomic E-state index is 0.0963. The van der Waals surface area contributed by atoms with Crippen LogP contribution in [-0.2, 0) is 4.79 Å². The lowest BCUT2D eigenvalue weighted by atomic mass is 10.0. The van der Waals surface area contributed by atoms with Gasteiger partial charge >= 0.3 is 6.18 Å². The second kappa shape index (κ2) is 6.09. The van der Waals surface area contributed by atoms with Gasteiger partial charge < -0.3 is 10.6 Å². The third-order valence-corrected chi connectivity index (χ3v) is 3.52. The van der Waals surface area contributed by atoms with E-state index < -0.39 is 18.3 Å². The van der Waals surface area contributed by atoms with Crippen LogP contribution in [0.3, 0.4) is 0 Å². The number of carbonyl (C=O) groups is 1. The Morgan fingerprint density at radius 2 is 2.00 bits per heavy atom. The van der Waals surface area contributed by atoms with Crippen molar-refractivity contribution in [2.24, 2.45) is 5.92 Å². The van der Waals surface area contributed by atoms with E-state index in [2.05, 4.69) is 10.6 Å². The van der Waals surface area contributed by atoms with Crippen LogP contribution < -0.4 is 10.6 Å². The molecule has 0 aromatic heterocycles. The first kappa shape index (κ1) is 16.2. The Kier molecular flexibility index (Phi) is 5.20. The zero-order valence-electron chi connectivity index (χ0n) is 11.6. The van der Waals surface area contributed by atoms with Crippen molar-refractivity contribution in [1.29, 1.82) is 0 Å². The van der Waals surface area contributed by atoms with Crippen molar-refractivity contribution in [1.82, 2.24) is 15.5 Å². The third-order valence-electron chi connectivity index (χ3n) is 3.52. The molecule has 1 atom stereocenters. The van der Waals surface area contributed by atoms with E-state index in [0.717, 1.165) is 0 Å². The number of amides is 1. The molecule has 1 aliphatic rings. The number of rotatable bonds is 5. The fraction of sp³-hybridized carbons (Fsp3) is 0.917. The van der Waals surface area contributed by atoms with Gasteiger partial charge in [0.1, 0.15) is 0 Å². The Labute approximate surface area is 111 Å². The SMILES string of the molecule is CNC(C)(C)C(=O)NCC1CCN(CC(F)(F)F)C1. The Morgan fingerprint density at radius 1 is 1.37 bits per heavy atom. The number of alkyl halides is 3. The molecule has 2 N–H and O–H groups in total. The molecule has 0 bridgehead atoms. The van der Waals surface area contributed by atoms with Crippen LogP contribution in [0.1, 0.15) is 20.3 Å². The average Bonchev–Trinajstić information content (AvgIpc) is 2.71. The van der Waals surface area contributed by atoms with Crippen molar-refractivity contribution >= 4 is 5.91 Å². The van der Waals surface area contributed by atoms with E-state index in [0.29, 0.717) is 26.1 Å². The highest BCUT2D eigenvalue weighted by molar-refractivity contribution is 5.85. The molecule has 1 fully saturated rings. The normalized spacial score (nSPS) is 21.7. The fourth-order valence-electron chi connectivity index (χ4n) is 2.05. The quantitative estimate of drug-likeness (QED) is 0.790. The van der Waals surface area contributed by atoms with E-state index in [1.54, 1.807) is 20.9 Å². The molecular formula is C12H22F3N3O. The van der Waals surface area contributed by atoms with Gasteiger partial charge in [0.05, 0.1) is 12.1 Å². The lowest BCUT2D eigenvalue weighted by molar-refractivity contribution is -0.143. The van der Waals surface area contributed by atoms with Crippen molar-refractivity contribution in [3.05, 3.63) is 0 Å². The van der Waals surface area contributed by atoms with Crippen LogP contribution >= 0.6 is 0 Å². The number of likely N-dealkylation sites (N-methyl/N-ethyl adjacent to an activating group) is 1. The van der Waals surface area contributed by atoms with Gasteiger partial charge in [-0.25, -0.2) is 0 Å². The molecule has 0 aromatic rings. The van der Waals surface area contributed by atoms with Gasteiger partial charge in [-0.15, -0.1) is 0 Å². The summed E-state index contributed by atoms with van der Waals surface area (Å²) < 4.78 is 36.7. The van der Waals surface area contributed by atoms with Gasteiger partial charge in [0.15, 0.2) is 0 Å². The highest BCUT2D eigenvalue weighted by Crippen LogP contribution is 2.22. The Hall–Kier alpha value is -0.820. The zero-order chi connectivity index (χ0) is 14.7. The summed E-state index contributed by atoms with van der Waals surface area (Å²) in [6.07, 6.45) is -3.46. The molecule has 4 nitrogen and oxygen atoms in total. The van der Waals surface area contributed by atoms with E-state index >= 15 is 0 Å². The van der Waals surface area contributed by atoms with Gasteiger partial charge in [-0.05, 0) is 39.8 Å². The zero-order valence-corrected chi connectivity index (χ0v) is 11.6. The number of carbonyl (C=O) groups excluding carboxylic acids is 1. The van der Waals surface area contributed by atoms with Crippen LogP contribution in [0.5, 0.6) is 0 Å². The predicted octanol–water partition coefficient (Wildman–Crippen LogP) is 0.985. The van der Waals surface area contributed by atoms with Gasteiger partial charge in [-0.2, -0.15) is 13.2 Å². The van der Waals surface area contributed by atoms with E-state index in [4.69, 9.17) is 0 Å². The molecular weight excluding hydrogens is 259 g/mol. The largest absolute Gasteiger partial charge is 0.401 e. The molecule has 1 heterocycles. The summed E-state index contributed by atoms with van der Waals surface area (Å²) in [7, 11) is 1.69. The number of nitrogens with one attached hydrogen (secondary N) is 2. The summed E-state index contributed by atoms with van der Waals surface area (Å²) in [6, 6.07) is 0. The van der Waals surface area contributed by atoms with Crippen molar-refractivity contribution < 1.29 is 18.0 Å². The minimum atomic E-state index is -4.15. The topological polar surface area (TPSA) is 44.4 Å².